The highest BCUT2D eigenvalue weighted by molar-refractivity contribution is 5.87. The van der Waals surface area contributed by atoms with Gasteiger partial charge in [-0.05, 0) is 35.4 Å². The highest BCUT2D eigenvalue weighted by atomic mass is 16.3. The number of phenolic OH excluding ortho intramolecular Hbond substituents is 1. The molecule has 0 aliphatic rings. The molecule has 26 heavy (non-hydrogen) atoms. The second-order valence-electron chi connectivity index (χ2n) is 6.03. The van der Waals surface area contributed by atoms with E-state index in [0.29, 0.717) is 12.1 Å². The number of nitrogens with two attached hydrogens (primary N) is 1. The van der Waals surface area contributed by atoms with Crippen molar-refractivity contribution in [2.24, 2.45) is 5.73 Å². The minimum absolute atomic E-state index is 0.0115. The largest absolute Gasteiger partial charge is 0.508 e. The molecule has 0 saturated carbocycles. The van der Waals surface area contributed by atoms with Crippen LogP contribution in [0.15, 0.2) is 73.3 Å². The number of pyridine rings is 2. The van der Waals surface area contributed by atoms with Crippen LogP contribution in [0, 0.1) is 0 Å². The van der Waals surface area contributed by atoms with Crippen molar-refractivity contribution in [2.45, 2.75) is 18.5 Å². The number of hydrogen-bond acceptors (Lipinski definition) is 5. The molecule has 1 atom stereocenters. The molecular weight excluding hydrogens is 328 g/mol. The van der Waals surface area contributed by atoms with Gasteiger partial charge in [0.25, 0.3) is 0 Å². The average Bonchev–Trinajstić information content (AvgIpc) is 2.67. The Morgan fingerprint density at radius 1 is 1.00 bits per heavy atom. The predicted molar refractivity (Wildman–Crippen MR) is 98.0 cm³/mol. The van der Waals surface area contributed by atoms with Crippen LogP contribution >= 0.6 is 0 Å². The zero-order valence-corrected chi connectivity index (χ0v) is 14.2. The zero-order chi connectivity index (χ0) is 18.4. The molecule has 0 fully saturated rings. The van der Waals surface area contributed by atoms with Gasteiger partial charge in [-0.3, -0.25) is 20.1 Å². The maximum absolute atomic E-state index is 12.6. The summed E-state index contributed by atoms with van der Waals surface area (Å²) in [5.74, 6) is -0.561. The smallest absolute Gasteiger partial charge is 0.242 e. The van der Waals surface area contributed by atoms with Crippen LogP contribution in [-0.4, -0.2) is 21.0 Å². The molecule has 2 aromatic heterocycles. The maximum atomic E-state index is 12.6. The van der Waals surface area contributed by atoms with E-state index >= 15 is 0 Å². The molecule has 1 amide bonds. The lowest BCUT2D eigenvalue weighted by molar-refractivity contribution is -0.125. The summed E-state index contributed by atoms with van der Waals surface area (Å²) in [5.41, 5.74) is 6.78. The lowest BCUT2D eigenvalue weighted by Crippen LogP contribution is -2.54. The van der Waals surface area contributed by atoms with Gasteiger partial charge in [0.1, 0.15) is 11.3 Å². The van der Waals surface area contributed by atoms with Gasteiger partial charge in [-0.2, -0.15) is 0 Å². The summed E-state index contributed by atoms with van der Waals surface area (Å²) in [6.07, 6.45) is 6.98. The second kappa shape index (κ2) is 7.76. The first-order valence-electron chi connectivity index (χ1n) is 8.23. The van der Waals surface area contributed by atoms with Crippen molar-refractivity contribution >= 4 is 5.91 Å². The molecule has 0 aliphatic carbocycles. The molecule has 0 bridgehead atoms. The number of benzene rings is 1. The number of aromatic nitrogens is 2. The van der Waals surface area contributed by atoms with Crippen molar-refractivity contribution in [3.63, 3.8) is 0 Å². The SMILES string of the molecule is NC(=O)C(Cc1cccnc1)(NCc1ccncc1)c1ccccc1O. The molecule has 0 spiro atoms. The average molecular weight is 348 g/mol. The number of carbonyl (C=O) groups is 1. The van der Waals surface area contributed by atoms with E-state index in [1.54, 1.807) is 55.1 Å². The van der Waals surface area contributed by atoms with Crippen molar-refractivity contribution in [1.82, 2.24) is 15.3 Å². The van der Waals surface area contributed by atoms with Crippen LogP contribution in [0.1, 0.15) is 16.7 Å². The van der Waals surface area contributed by atoms with Crippen molar-refractivity contribution < 1.29 is 9.90 Å². The molecule has 132 valence electrons. The first kappa shape index (κ1) is 17.6. The van der Waals surface area contributed by atoms with Crippen LogP contribution in [0.3, 0.4) is 0 Å². The van der Waals surface area contributed by atoms with Crippen LogP contribution < -0.4 is 11.1 Å². The van der Waals surface area contributed by atoms with Crippen LogP contribution in [-0.2, 0) is 23.3 Å². The van der Waals surface area contributed by atoms with Crippen molar-refractivity contribution in [3.05, 3.63) is 90.0 Å². The molecular formula is C20H20N4O2. The number of primary amides is 1. The number of nitrogens with one attached hydrogen (secondary N) is 1. The van der Waals surface area contributed by atoms with E-state index in [1.807, 2.05) is 18.2 Å². The van der Waals surface area contributed by atoms with E-state index < -0.39 is 11.4 Å². The van der Waals surface area contributed by atoms with E-state index in [-0.39, 0.29) is 12.2 Å². The Bertz CT molecular complexity index is 871. The Balaban J connectivity index is 2.03. The monoisotopic (exact) mass is 348 g/mol. The summed E-state index contributed by atoms with van der Waals surface area (Å²) >= 11 is 0. The minimum Gasteiger partial charge on any atom is -0.508 e. The lowest BCUT2D eigenvalue weighted by Gasteiger charge is -2.33. The molecule has 0 aliphatic heterocycles. The van der Waals surface area contributed by atoms with Crippen LogP contribution in [0.25, 0.3) is 0 Å². The van der Waals surface area contributed by atoms with E-state index in [4.69, 9.17) is 5.73 Å². The number of hydrogen-bond donors (Lipinski definition) is 3. The Kier molecular flexibility index (Phi) is 5.24. The first-order valence-corrected chi connectivity index (χ1v) is 8.23. The van der Waals surface area contributed by atoms with Gasteiger partial charge < -0.3 is 10.8 Å². The van der Waals surface area contributed by atoms with Gasteiger partial charge in [0, 0.05) is 43.3 Å². The molecule has 4 N–H and O–H groups in total. The maximum Gasteiger partial charge on any atom is 0.242 e. The van der Waals surface area contributed by atoms with Gasteiger partial charge in [0.05, 0.1) is 0 Å². The van der Waals surface area contributed by atoms with Crippen molar-refractivity contribution in [1.29, 1.82) is 0 Å². The summed E-state index contributed by atoms with van der Waals surface area (Å²) in [6, 6.07) is 14.1. The van der Waals surface area contributed by atoms with Gasteiger partial charge in [-0.15, -0.1) is 0 Å². The second-order valence-corrected chi connectivity index (χ2v) is 6.03. The third kappa shape index (κ3) is 3.70. The first-order chi connectivity index (χ1) is 12.6. The van der Waals surface area contributed by atoms with E-state index in [0.717, 1.165) is 11.1 Å². The minimum atomic E-state index is -1.28. The lowest BCUT2D eigenvalue weighted by atomic mass is 9.82. The normalized spacial score (nSPS) is 13.1. The van der Waals surface area contributed by atoms with E-state index in [9.17, 15) is 9.90 Å². The van der Waals surface area contributed by atoms with Crippen LogP contribution in [0.5, 0.6) is 5.75 Å². The fourth-order valence-corrected chi connectivity index (χ4v) is 2.96. The summed E-state index contributed by atoms with van der Waals surface area (Å²) in [4.78, 5) is 20.7. The Morgan fingerprint density at radius 3 is 2.42 bits per heavy atom. The number of phenols is 1. The molecule has 3 rings (SSSR count). The van der Waals surface area contributed by atoms with Crippen LogP contribution in [0.4, 0.5) is 0 Å². The molecule has 0 radical (unpaired) electrons. The Hall–Kier alpha value is -3.25. The summed E-state index contributed by atoms with van der Waals surface area (Å²) in [6.45, 7) is 0.389. The third-order valence-electron chi connectivity index (χ3n) is 4.32. The number of nitrogens with zero attached hydrogens (tertiary/aromatic N) is 2. The topological polar surface area (TPSA) is 101 Å². The highest BCUT2D eigenvalue weighted by Gasteiger charge is 2.40. The molecule has 1 aromatic carbocycles. The Labute approximate surface area is 151 Å². The fourth-order valence-electron chi connectivity index (χ4n) is 2.96. The van der Waals surface area contributed by atoms with Crippen LogP contribution in [0.2, 0.25) is 0 Å². The van der Waals surface area contributed by atoms with Gasteiger partial charge in [0.2, 0.25) is 5.91 Å². The van der Waals surface area contributed by atoms with E-state index in [1.165, 1.54) is 0 Å². The fraction of sp³-hybridized carbons (Fsp3) is 0.150. The quantitative estimate of drug-likeness (QED) is 0.605. The standard InChI is InChI=1S/C20H20N4O2/c21-19(26)20(12-16-4-3-9-23-13-16,17-5-1-2-6-18(17)25)24-14-15-7-10-22-11-8-15/h1-11,13,24-25H,12,14H2,(H2,21,26). The number of aromatic hydroxyl groups is 1. The predicted octanol–water partition coefficient (Wildman–Crippen LogP) is 1.90. The van der Waals surface area contributed by atoms with Gasteiger partial charge in [0.15, 0.2) is 0 Å². The molecule has 6 nitrogen and oxygen atoms in total. The number of rotatable bonds is 7. The molecule has 0 saturated heterocycles. The van der Waals surface area contributed by atoms with Crippen molar-refractivity contribution in [2.75, 3.05) is 0 Å². The summed E-state index contributed by atoms with van der Waals surface area (Å²) in [5, 5.41) is 13.7. The molecule has 3 aromatic rings. The number of para-hydroxylation sites is 1. The van der Waals surface area contributed by atoms with Gasteiger partial charge >= 0.3 is 0 Å². The summed E-state index contributed by atoms with van der Waals surface area (Å²) in [7, 11) is 0. The molecule has 6 heteroatoms. The third-order valence-corrected chi connectivity index (χ3v) is 4.32. The molecule has 2 heterocycles. The number of carbonyl (C=O) groups excluding carboxylic acids is 1. The number of amides is 1. The van der Waals surface area contributed by atoms with Gasteiger partial charge in [-0.1, -0.05) is 24.3 Å². The van der Waals surface area contributed by atoms with Crippen molar-refractivity contribution in [3.8, 4) is 5.75 Å². The van der Waals surface area contributed by atoms with E-state index in [2.05, 4.69) is 15.3 Å². The summed E-state index contributed by atoms with van der Waals surface area (Å²) < 4.78 is 0. The zero-order valence-electron chi connectivity index (χ0n) is 14.2. The molecule has 1 unspecified atom stereocenters. The highest BCUT2D eigenvalue weighted by Crippen LogP contribution is 2.32. The van der Waals surface area contributed by atoms with Gasteiger partial charge in [-0.25, -0.2) is 0 Å². The Morgan fingerprint density at radius 2 is 1.77 bits per heavy atom.